The third kappa shape index (κ3) is 4.17. The van der Waals surface area contributed by atoms with Crippen LogP contribution in [0.25, 0.3) is 0 Å². The molecule has 0 saturated carbocycles. The largest absolute Gasteiger partial charge is 0.375 e. The first-order valence-electron chi connectivity index (χ1n) is 8.83. The number of piperidine rings is 1. The molecule has 134 valence electrons. The highest BCUT2D eigenvalue weighted by molar-refractivity contribution is 7.88. The van der Waals surface area contributed by atoms with Crippen molar-refractivity contribution in [3.05, 3.63) is 35.9 Å². The monoisotopic (exact) mass is 352 g/mol. The molecule has 6 heteroatoms. The third-order valence-electron chi connectivity index (χ3n) is 5.15. The number of fused-ring (bicyclic) bond motifs is 1. The standard InChI is InChI=1S/C18H28N2O3S/c1-15(2)19-10-11-23-18-13-20(9-8-17(18)12-19)24(21,22)14-16-6-4-3-5-7-16/h3-7,15,17-18H,8-14H2,1-2H3/t17-,18-/m0/s1. The molecule has 2 heterocycles. The maximum absolute atomic E-state index is 12.7. The van der Waals surface area contributed by atoms with Gasteiger partial charge in [0.05, 0.1) is 18.5 Å². The number of ether oxygens (including phenoxy) is 1. The Morgan fingerprint density at radius 2 is 1.92 bits per heavy atom. The van der Waals surface area contributed by atoms with E-state index < -0.39 is 10.0 Å². The minimum Gasteiger partial charge on any atom is -0.375 e. The van der Waals surface area contributed by atoms with E-state index in [1.165, 1.54) is 0 Å². The van der Waals surface area contributed by atoms with Crippen LogP contribution in [0.4, 0.5) is 0 Å². The summed E-state index contributed by atoms with van der Waals surface area (Å²) in [6.07, 6.45) is 0.898. The second kappa shape index (κ2) is 7.52. The van der Waals surface area contributed by atoms with Gasteiger partial charge in [0, 0.05) is 38.1 Å². The van der Waals surface area contributed by atoms with Gasteiger partial charge < -0.3 is 4.74 Å². The number of benzene rings is 1. The van der Waals surface area contributed by atoms with Gasteiger partial charge in [-0.05, 0) is 25.8 Å². The number of hydrogen-bond acceptors (Lipinski definition) is 4. The fourth-order valence-corrected chi connectivity index (χ4v) is 5.20. The van der Waals surface area contributed by atoms with E-state index in [1.54, 1.807) is 4.31 Å². The van der Waals surface area contributed by atoms with E-state index in [-0.39, 0.29) is 11.9 Å². The zero-order valence-electron chi connectivity index (χ0n) is 14.6. The van der Waals surface area contributed by atoms with Crippen LogP contribution >= 0.6 is 0 Å². The summed E-state index contributed by atoms with van der Waals surface area (Å²) in [6.45, 7) is 8.14. The van der Waals surface area contributed by atoms with Crippen LogP contribution in [0.1, 0.15) is 25.8 Å². The highest BCUT2D eigenvalue weighted by Crippen LogP contribution is 2.27. The molecule has 0 unspecified atom stereocenters. The number of sulfonamides is 1. The second-order valence-electron chi connectivity index (χ2n) is 7.15. The average molecular weight is 353 g/mol. The molecule has 1 aromatic rings. The van der Waals surface area contributed by atoms with Crippen LogP contribution in [-0.2, 0) is 20.5 Å². The molecule has 0 aromatic heterocycles. The van der Waals surface area contributed by atoms with Gasteiger partial charge >= 0.3 is 0 Å². The number of hydrogen-bond donors (Lipinski definition) is 0. The zero-order chi connectivity index (χ0) is 17.2. The summed E-state index contributed by atoms with van der Waals surface area (Å²) in [7, 11) is -3.29. The third-order valence-corrected chi connectivity index (χ3v) is 6.97. The molecule has 0 spiro atoms. The van der Waals surface area contributed by atoms with Crippen molar-refractivity contribution >= 4 is 10.0 Å². The minimum absolute atomic E-state index is 0.0213. The van der Waals surface area contributed by atoms with Gasteiger partial charge in [0.2, 0.25) is 10.0 Å². The lowest BCUT2D eigenvalue weighted by molar-refractivity contribution is -0.00196. The predicted octanol–water partition coefficient (Wildman–Crippen LogP) is 1.95. The molecule has 0 N–H and O–H groups in total. The Bertz CT molecular complexity index is 633. The summed E-state index contributed by atoms with van der Waals surface area (Å²) in [5.74, 6) is 0.502. The lowest BCUT2D eigenvalue weighted by atomic mass is 9.94. The van der Waals surface area contributed by atoms with Gasteiger partial charge in [0.25, 0.3) is 0 Å². The van der Waals surface area contributed by atoms with Gasteiger partial charge in [0.1, 0.15) is 0 Å². The van der Waals surface area contributed by atoms with E-state index >= 15 is 0 Å². The molecule has 2 fully saturated rings. The van der Waals surface area contributed by atoms with Gasteiger partial charge in [-0.25, -0.2) is 8.42 Å². The second-order valence-corrected chi connectivity index (χ2v) is 9.12. The molecule has 1 aromatic carbocycles. The van der Waals surface area contributed by atoms with Crippen LogP contribution in [0.15, 0.2) is 30.3 Å². The Morgan fingerprint density at radius 3 is 2.62 bits per heavy atom. The first-order valence-corrected chi connectivity index (χ1v) is 10.4. The molecule has 2 aliphatic rings. The Labute approximate surface area is 145 Å². The highest BCUT2D eigenvalue weighted by atomic mass is 32.2. The average Bonchev–Trinajstić information content (AvgIpc) is 2.77. The molecule has 5 nitrogen and oxygen atoms in total. The van der Waals surface area contributed by atoms with Crippen molar-refractivity contribution in [2.24, 2.45) is 5.92 Å². The number of rotatable bonds is 4. The van der Waals surface area contributed by atoms with Crippen molar-refractivity contribution in [1.82, 2.24) is 9.21 Å². The van der Waals surface area contributed by atoms with Crippen molar-refractivity contribution in [2.45, 2.75) is 38.2 Å². The van der Waals surface area contributed by atoms with Gasteiger partial charge in [-0.1, -0.05) is 30.3 Å². The van der Waals surface area contributed by atoms with Crippen LogP contribution in [0.3, 0.4) is 0 Å². The summed E-state index contributed by atoms with van der Waals surface area (Å²) < 4.78 is 33.1. The SMILES string of the molecule is CC(C)N1CCO[C@H]2CN(S(=O)(=O)Cc3ccccc3)CC[C@H]2C1. The summed E-state index contributed by atoms with van der Waals surface area (Å²) in [6, 6.07) is 9.91. The quantitative estimate of drug-likeness (QED) is 0.831. The fraction of sp³-hybridized carbons (Fsp3) is 0.667. The van der Waals surface area contributed by atoms with Gasteiger partial charge in [0.15, 0.2) is 0 Å². The maximum Gasteiger partial charge on any atom is 0.218 e. The van der Waals surface area contributed by atoms with Gasteiger partial charge in [-0.3, -0.25) is 4.90 Å². The lowest BCUT2D eigenvalue weighted by Gasteiger charge is -2.37. The first kappa shape index (κ1) is 17.9. The van der Waals surface area contributed by atoms with Gasteiger partial charge in [-0.15, -0.1) is 0 Å². The van der Waals surface area contributed by atoms with Crippen molar-refractivity contribution in [2.75, 3.05) is 32.8 Å². The van der Waals surface area contributed by atoms with Gasteiger partial charge in [-0.2, -0.15) is 4.31 Å². The molecule has 3 rings (SSSR count). The van der Waals surface area contributed by atoms with Crippen LogP contribution in [0.5, 0.6) is 0 Å². The Hall–Kier alpha value is -0.950. The van der Waals surface area contributed by atoms with Crippen LogP contribution in [0.2, 0.25) is 0 Å². The first-order chi connectivity index (χ1) is 11.5. The Balaban J connectivity index is 1.66. The van der Waals surface area contributed by atoms with E-state index in [2.05, 4.69) is 18.7 Å². The predicted molar refractivity (Wildman–Crippen MR) is 95.2 cm³/mol. The van der Waals surface area contributed by atoms with E-state index in [0.29, 0.717) is 31.7 Å². The van der Waals surface area contributed by atoms with Crippen molar-refractivity contribution in [3.8, 4) is 0 Å². The van der Waals surface area contributed by atoms with Crippen LogP contribution in [0, 0.1) is 5.92 Å². The Morgan fingerprint density at radius 1 is 1.17 bits per heavy atom. The normalized spacial score (nSPS) is 27.0. The molecule has 0 bridgehead atoms. The van der Waals surface area contributed by atoms with Crippen LogP contribution in [-0.4, -0.2) is 62.6 Å². The highest BCUT2D eigenvalue weighted by Gasteiger charge is 2.37. The molecule has 2 aliphatic heterocycles. The van der Waals surface area contributed by atoms with Crippen LogP contribution < -0.4 is 0 Å². The van der Waals surface area contributed by atoms with Crippen molar-refractivity contribution in [1.29, 1.82) is 0 Å². The summed E-state index contributed by atoms with van der Waals surface area (Å²) in [4.78, 5) is 2.44. The number of nitrogens with zero attached hydrogens (tertiary/aromatic N) is 2. The molecular formula is C18H28N2O3S. The molecule has 2 atom stereocenters. The Kier molecular flexibility index (Phi) is 5.59. The summed E-state index contributed by atoms with van der Waals surface area (Å²) in [5.41, 5.74) is 0.840. The maximum atomic E-state index is 12.7. The molecule has 0 aliphatic carbocycles. The molecule has 24 heavy (non-hydrogen) atoms. The molecule has 0 radical (unpaired) electrons. The van der Waals surface area contributed by atoms with E-state index in [1.807, 2.05) is 30.3 Å². The molecular weight excluding hydrogens is 324 g/mol. The lowest BCUT2D eigenvalue weighted by Crippen LogP contribution is -2.49. The summed E-state index contributed by atoms with van der Waals surface area (Å²) in [5, 5.41) is 0. The molecule has 2 saturated heterocycles. The van der Waals surface area contributed by atoms with Crippen molar-refractivity contribution in [3.63, 3.8) is 0 Å². The van der Waals surface area contributed by atoms with E-state index in [0.717, 1.165) is 25.1 Å². The molecule has 0 amide bonds. The summed E-state index contributed by atoms with van der Waals surface area (Å²) >= 11 is 0. The van der Waals surface area contributed by atoms with E-state index in [9.17, 15) is 8.42 Å². The van der Waals surface area contributed by atoms with E-state index in [4.69, 9.17) is 4.74 Å². The minimum atomic E-state index is -3.29. The fourth-order valence-electron chi connectivity index (χ4n) is 3.65. The smallest absolute Gasteiger partial charge is 0.218 e. The topological polar surface area (TPSA) is 49.9 Å². The van der Waals surface area contributed by atoms with Crippen molar-refractivity contribution < 1.29 is 13.2 Å². The zero-order valence-corrected chi connectivity index (χ0v) is 15.4.